The maximum atomic E-state index is 6.27. The van der Waals surface area contributed by atoms with Crippen LogP contribution in [0.1, 0.15) is 38.9 Å². The molecule has 1 aromatic heterocycles. The Morgan fingerprint density at radius 2 is 1.89 bits per heavy atom. The normalized spacial score (nSPS) is 15.1. The summed E-state index contributed by atoms with van der Waals surface area (Å²) in [5.41, 5.74) is 2.03. The maximum absolute atomic E-state index is 6.27. The SMILES string of the molecule is CC(Cl)c1nc2cc(Cl)ccc2n1CC(C)C(C)C. The van der Waals surface area contributed by atoms with E-state index in [0.29, 0.717) is 16.9 Å². The number of alkyl halides is 1. The highest BCUT2D eigenvalue weighted by atomic mass is 35.5. The molecular weight excluding hydrogens is 279 g/mol. The fourth-order valence-electron chi connectivity index (χ4n) is 2.12. The summed E-state index contributed by atoms with van der Waals surface area (Å²) in [5.74, 6) is 2.12. The predicted molar refractivity (Wildman–Crippen MR) is 83.0 cm³/mol. The topological polar surface area (TPSA) is 17.8 Å². The molecule has 0 radical (unpaired) electrons. The second kappa shape index (κ2) is 5.72. The lowest BCUT2D eigenvalue weighted by molar-refractivity contribution is 0.364. The van der Waals surface area contributed by atoms with Crippen molar-refractivity contribution >= 4 is 34.2 Å². The van der Waals surface area contributed by atoms with E-state index in [0.717, 1.165) is 23.4 Å². The van der Waals surface area contributed by atoms with Crippen LogP contribution in [0, 0.1) is 11.8 Å². The summed E-state index contributed by atoms with van der Waals surface area (Å²) in [6.07, 6.45) is 0. The Kier molecular flexibility index (Phi) is 4.42. The number of fused-ring (bicyclic) bond motifs is 1. The minimum Gasteiger partial charge on any atom is -0.326 e. The summed E-state index contributed by atoms with van der Waals surface area (Å²) < 4.78 is 2.23. The van der Waals surface area contributed by atoms with Crippen LogP contribution in [0.5, 0.6) is 0 Å². The molecule has 0 saturated carbocycles. The molecule has 0 aliphatic rings. The number of rotatable bonds is 4. The molecule has 19 heavy (non-hydrogen) atoms. The van der Waals surface area contributed by atoms with Crippen molar-refractivity contribution < 1.29 is 0 Å². The lowest BCUT2D eigenvalue weighted by Gasteiger charge is -2.19. The number of aromatic nitrogens is 2. The zero-order chi connectivity index (χ0) is 14.2. The van der Waals surface area contributed by atoms with Gasteiger partial charge in [0.05, 0.1) is 16.4 Å². The van der Waals surface area contributed by atoms with E-state index >= 15 is 0 Å². The van der Waals surface area contributed by atoms with E-state index in [1.807, 2.05) is 25.1 Å². The van der Waals surface area contributed by atoms with Gasteiger partial charge in [-0.2, -0.15) is 0 Å². The summed E-state index contributed by atoms with van der Waals surface area (Å²) in [4.78, 5) is 4.63. The number of hydrogen-bond donors (Lipinski definition) is 0. The molecule has 2 unspecified atom stereocenters. The van der Waals surface area contributed by atoms with E-state index in [4.69, 9.17) is 23.2 Å². The molecule has 104 valence electrons. The van der Waals surface area contributed by atoms with Gasteiger partial charge in [-0.15, -0.1) is 11.6 Å². The monoisotopic (exact) mass is 298 g/mol. The van der Waals surface area contributed by atoms with Gasteiger partial charge >= 0.3 is 0 Å². The van der Waals surface area contributed by atoms with E-state index in [-0.39, 0.29) is 5.38 Å². The molecule has 2 aromatic rings. The Bertz CT molecular complexity index is 573. The van der Waals surface area contributed by atoms with Crippen molar-refractivity contribution in [2.75, 3.05) is 0 Å². The first-order valence-electron chi connectivity index (χ1n) is 6.70. The second-order valence-corrected chi connectivity index (χ2v) is 6.64. The summed E-state index contributed by atoms with van der Waals surface area (Å²) >= 11 is 12.3. The molecule has 0 saturated heterocycles. The molecule has 0 fully saturated rings. The molecule has 2 nitrogen and oxygen atoms in total. The van der Waals surface area contributed by atoms with Gasteiger partial charge in [0.1, 0.15) is 5.82 Å². The van der Waals surface area contributed by atoms with E-state index in [2.05, 4.69) is 30.3 Å². The van der Waals surface area contributed by atoms with Crippen molar-refractivity contribution in [3.63, 3.8) is 0 Å². The average Bonchev–Trinajstić information content (AvgIpc) is 2.67. The van der Waals surface area contributed by atoms with Gasteiger partial charge in [-0.3, -0.25) is 0 Å². The molecule has 0 N–H and O–H groups in total. The fourth-order valence-corrected chi connectivity index (χ4v) is 2.45. The first kappa shape index (κ1) is 14.7. The minimum atomic E-state index is -0.106. The smallest absolute Gasteiger partial charge is 0.127 e. The van der Waals surface area contributed by atoms with Gasteiger partial charge in [0.25, 0.3) is 0 Å². The average molecular weight is 299 g/mol. The van der Waals surface area contributed by atoms with Gasteiger partial charge in [-0.1, -0.05) is 32.4 Å². The summed E-state index contributed by atoms with van der Waals surface area (Å²) in [6, 6.07) is 5.83. The zero-order valence-electron chi connectivity index (χ0n) is 11.8. The molecule has 2 atom stereocenters. The molecule has 0 aliphatic carbocycles. The van der Waals surface area contributed by atoms with Crippen molar-refractivity contribution in [1.82, 2.24) is 9.55 Å². The van der Waals surface area contributed by atoms with Crippen molar-refractivity contribution in [2.45, 2.75) is 39.6 Å². The van der Waals surface area contributed by atoms with Crippen molar-refractivity contribution in [2.24, 2.45) is 11.8 Å². The third-order valence-corrected chi connectivity index (χ3v) is 4.13. The van der Waals surface area contributed by atoms with Gasteiger partial charge < -0.3 is 4.57 Å². The van der Waals surface area contributed by atoms with E-state index in [9.17, 15) is 0 Å². The molecular formula is C15H20Cl2N2. The third kappa shape index (κ3) is 3.06. The third-order valence-electron chi connectivity index (χ3n) is 3.70. The largest absolute Gasteiger partial charge is 0.326 e. The van der Waals surface area contributed by atoms with Gasteiger partial charge in [0.15, 0.2) is 0 Å². The van der Waals surface area contributed by atoms with Crippen LogP contribution in [0.15, 0.2) is 18.2 Å². The lowest BCUT2D eigenvalue weighted by atomic mass is 9.98. The van der Waals surface area contributed by atoms with Gasteiger partial charge in [-0.05, 0) is 37.0 Å². The van der Waals surface area contributed by atoms with Crippen LogP contribution >= 0.6 is 23.2 Å². The minimum absolute atomic E-state index is 0.106. The number of nitrogens with zero attached hydrogens (tertiary/aromatic N) is 2. The van der Waals surface area contributed by atoms with Gasteiger partial charge in [0, 0.05) is 11.6 Å². The van der Waals surface area contributed by atoms with Crippen LogP contribution in [0.3, 0.4) is 0 Å². The highest BCUT2D eigenvalue weighted by Crippen LogP contribution is 2.28. The number of hydrogen-bond acceptors (Lipinski definition) is 1. The Morgan fingerprint density at radius 1 is 1.21 bits per heavy atom. The maximum Gasteiger partial charge on any atom is 0.127 e. The van der Waals surface area contributed by atoms with Crippen LogP contribution in [-0.4, -0.2) is 9.55 Å². The first-order valence-corrected chi connectivity index (χ1v) is 7.51. The van der Waals surface area contributed by atoms with Crippen molar-refractivity contribution in [1.29, 1.82) is 0 Å². The van der Waals surface area contributed by atoms with Crippen LogP contribution in [0.25, 0.3) is 11.0 Å². The molecule has 0 bridgehead atoms. The van der Waals surface area contributed by atoms with Gasteiger partial charge in [0.2, 0.25) is 0 Å². The lowest BCUT2D eigenvalue weighted by Crippen LogP contribution is -2.15. The van der Waals surface area contributed by atoms with Crippen LogP contribution < -0.4 is 0 Å². The molecule has 0 amide bonds. The quantitative estimate of drug-likeness (QED) is 0.702. The Balaban J connectivity index is 2.52. The molecule has 0 aliphatic heterocycles. The second-order valence-electron chi connectivity index (χ2n) is 5.55. The van der Waals surface area contributed by atoms with Crippen LogP contribution in [-0.2, 0) is 6.54 Å². The number of benzene rings is 1. The summed E-state index contributed by atoms with van der Waals surface area (Å²) in [7, 11) is 0. The fraction of sp³-hybridized carbons (Fsp3) is 0.533. The van der Waals surface area contributed by atoms with Crippen molar-refractivity contribution in [3.05, 3.63) is 29.0 Å². The van der Waals surface area contributed by atoms with E-state index in [1.165, 1.54) is 0 Å². The Morgan fingerprint density at radius 3 is 2.47 bits per heavy atom. The highest BCUT2D eigenvalue weighted by Gasteiger charge is 2.18. The highest BCUT2D eigenvalue weighted by molar-refractivity contribution is 6.31. The summed E-state index contributed by atoms with van der Waals surface area (Å²) in [5, 5.41) is 0.605. The van der Waals surface area contributed by atoms with E-state index < -0.39 is 0 Å². The molecule has 4 heteroatoms. The Labute approximate surface area is 124 Å². The van der Waals surface area contributed by atoms with Crippen molar-refractivity contribution in [3.8, 4) is 0 Å². The predicted octanol–water partition coefficient (Wildman–Crippen LogP) is 5.28. The zero-order valence-corrected chi connectivity index (χ0v) is 13.3. The number of imidazole rings is 1. The molecule has 2 rings (SSSR count). The van der Waals surface area contributed by atoms with Gasteiger partial charge in [-0.25, -0.2) is 4.98 Å². The number of halogens is 2. The van der Waals surface area contributed by atoms with Crippen LogP contribution in [0.4, 0.5) is 0 Å². The molecule has 1 aromatic carbocycles. The molecule has 0 spiro atoms. The van der Waals surface area contributed by atoms with E-state index in [1.54, 1.807) is 0 Å². The first-order chi connectivity index (χ1) is 8.90. The molecule has 1 heterocycles. The standard InChI is InChI=1S/C15H20Cl2N2/c1-9(2)10(3)8-19-14-6-5-12(17)7-13(14)18-15(19)11(4)16/h5-7,9-11H,8H2,1-4H3. The van der Waals surface area contributed by atoms with Crippen LogP contribution in [0.2, 0.25) is 5.02 Å². The Hall–Kier alpha value is -0.730. The summed E-state index contributed by atoms with van der Waals surface area (Å²) in [6.45, 7) is 9.63.